The number of nitrogens with zero attached hydrogens (tertiary/aromatic N) is 1. The van der Waals surface area contributed by atoms with E-state index in [-0.39, 0.29) is 0 Å². The Morgan fingerprint density at radius 1 is 0.640 bits per heavy atom. The minimum absolute atomic E-state index is 0.980. The lowest BCUT2D eigenvalue weighted by atomic mass is 9.99. The van der Waals surface area contributed by atoms with E-state index in [1.165, 1.54) is 53.5 Å². The van der Waals surface area contributed by atoms with Crippen molar-refractivity contribution in [3.05, 3.63) is 78.1 Å². The second kappa shape index (κ2) is 8.62. The molecule has 0 radical (unpaired) electrons. The largest absolute Gasteiger partial charge is 0.261 e. The second-order valence-corrected chi connectivity index (χ2v) is 6.62. The van der Waals surface area contributed by atoms with Crippen molar-refractivity contribution in [2.45, 2.75) is 46.0 Å². The highest BCUT2D eigenvalue weighted by Gasteiger charge is 2.02. The normalized spacial score (nSPS) is 10.8. The van der Waals surface area contributed by atoms with Gasteiger partial charge in [-0.25, -0.2) is 0 Å². The molecule has 0 saturated heterocycles. The average Bonchev–Trinajstić information content (AvgIpc) is 2.69. The number of benzene rings is 2. The van der Waals surface area contributed by atoms with Gasteiger partial charge in [0.15, 0.2) is 0 Å². The average molecular weight is 329 g/mol. The molecule has 1 heteroatoms. The molecule has 128 valence electrons. The number of aryl methyl sites for hydroxylation is 2. The molecule has 0 atom stereocenters. The van der Waals surface area contributed by atoms with Crippen molar-refractivity contribution in [1.29, 1.82) is 0 Å². The number of rotatable bonds is 7. The Kier molecular flexibility index (Phi) is 6.00. The molecule has 0 aliphatic heterocycles. The lowest BCUT2D eigenvalue weighted by Crippen LogP contribution is -1.87. The molecule has 1 nitrogen and oxygen atoms in total. The molecule has 0 unspecified atom stereocenters. The molecule has 0 N–H and O–H groups in total. The molecule has 0 aliphatic carbocycles. The van der Waals surface area contributed by atoms with Crippen LogP contribution in [-0.2, 0) is 12.8 Å². The lowest BCUT2D eigenvalue weighted by Gasteiger charge is -2.07. The van der Waals surface area contributed by atoms with Crippen LogP contribution in [0.1, 0.15) is 44.4 Å². The first-order valence-corrected chi connectivity index (χ1v) is 9.45. The smallest absolute Gasteiger partial charge is 0.0401 e. The topological polar surface area (TPSA) is 12.9 Å². The van der Waals surface area contributed by atoms with Gasteiger partial charge >= 0.3 is 0 Å². The fraction of sp³-hybridized carbons (Fsp3) is 0.292. The van der Waals surface area contributed by atoms with Crippen LogP contribution in [0.15, 0.2) is 66.9 Å². The highest BCUT2D eigenvalue weighted by Crippen LogP contribution is 2.25. The van der Waals surface area contributed by atoms with E-state index < -0.39 is 0 Å². The maximum atomic E-state index is 4.49. The molecule has 0 fully saturated rings. The summed E-state index contributed by atoms with van der Waals surface area (Å²) >= 11 is 0. The van der Waals surface area contributed by atoms with E-state index in [4.69, 9.17) is 0 Å². The summed E-state index contributed by atoms with van der Waals surface area (Å²) < 4.78 is 0. The zero-order valence-corrected chi connectivity index (χ0v) is 15.3. The number of hydrogen-bond acceptors (Lipinski definition) is 1. The van der Waals surface area contributed by atoms with Crippen LogP contribution in [0.3, 0.4) is 0 Å². The fourth-order valence-electron chi connectivity index (χ4n) is 3.10. The molecular weight excluding hydrogens is 302 g/mol. The van der Waals surface area contributed by atoms with Gasteiger partial charge in [0.2, 0.25) is 0 Å². The molecule has 2 aromatic carbocycles. The van der Waals surface area contributed by atoms with Crippen LogP contribution in [0.4, 0.5) is 0 Å². The predicted molar refractivity (Wildman–Crippen MR) is 108 cm³/mol. The van der Waals surface area contributed by atoms with Gasteiger partial charge in [0, 0.05) is 17.5 Å². The molecular formula is C24H27N. The van der Waals surface area contributed by atoms with Crippen LogP contribution in [0.25, 0.3) is 22.3 Å². The van der Waals surface area contributed by atoms with Gasteiger partial charge in [0.1, 0.15) is 0 Å². The summed E-state index contributed by atoms with van der Waals surface area (Å²) in [5, 5.41) is 0. The first kappa shape index (κ1) is 17.4. The molecule has 0 spiro atoms. The third-order valence-electron chi connectivity index (χ3n) is 4.76. The van der Waals surface area contributed by atoms with Crippen LogP contribution < -0.4 is 0 Å². The maximum absolute atomic E-state index is 4.49. The molecule has 0 bridgehead atoms. The van der Waals surface area contributed by atoms with E-state index in [9.17, 15) is 0 Å². The maximum Gasteiger partial charge on any atom is 0.0401 e. The molecule has 0 aliphatic rings. The van der Waals surface area contributed by atoms with Crippen molar-refractivity contribution >= 4 is 0 Å². The molecule has 1 aromatic heterocycles. The number of aromatic nitrogens is 1. The first-order chi connectivity index (χ1) is 12.3. The summed E-state index contributed by atoms with van der Waals surface area (Å²) in [5.74, 6) is 0. The Labute approximate surface area is 151 Å². The number of pyridine rings is 1. The third-order valence-corrected chi connectivity index (χ3v) is 4.76. The Morgan fingerprint density at radius 3 is 1.72 bits per heavy atom. The molecule has 1 heterocycles. The lowest BCUT2D eigenvalue weighted by molar-refractivity contribution is 0.717. The zero-order chi connectivity index (χ0) is 17.5. The number of unbranched alkanes of at least 4 members (excludes halogenated alkanes) is 2. The van der Waals surface area contributed by atoms with Crippen molar-refractivity contribution in [2.75, 3.05) is 0 Å². The summed E-state index contributed by atoms with van der Waals surface area (Å²) in [7, 11) is 0. The van der Waals surface area contributed by atoms with Gasteiger partial charge in [-0.1, -0.05) is 81.3 Å². The summed E-state index contributed by atoms with van der Waals surface area (Å²) in [6.45, 7) is 4.38. The molecule has 3 rings (SSSR count). The quantitative estimate of drug-likeness (QED) is 0.439. The SMILES string of the molecule is CCCCCc1ccc(-c2ccc(-c3ccc(CC)nc3)cc2)cc1. The van der Waals surface area contributed by atoms with E-state index in [1.807, 2.05) is 6.20 Å². The van der Waals surface area contributed by atoms with Gasteiger partial charge in [-0.2, -0.15) is 0 Å². The zero-order valence-electron chi connectivity index (χ0n) is 15.3. The van der Waals surface area contributed by atoms with Crippen molar-refractivity contribution < 1.29 is 0 Å². The molecule has 0 amide bonds. The van der Waals surface area contributed by atoms with E-state index in [1.54, 1.807) is 0 Å². The van der Waals surface area contributed by atoms with Crippen LogP contribution >= 0.6 is 0 Å². The summed E-state index contributed by atoms with van der Waals surface area (Å²) in [5.41, 5.74) is 7.52. The van der Waals surface area contributed by atoms with Crippen molar-refractivity contribution in [2.24, 2.45) is 0 Å². The summed E-state index contributed by atoms with van der Waals surface area (Å²) in [6, 6.07) is 22.1. The van der Waals surface area contributed by atoms with Gasteiger partial charge in [0.25, 0.3) is 0 Å². The first-order valence-electron chi connectivity index (χ1n) is 9.45. The summed E-state index contributed by atoms with van der Waals surface area (Å²) in [6.07, 6.45) is 8.02. The van der Waals surface area contributed by atoms with Gasteiger partial charge in [-0.15, -0.1) is 0 Å². The highest BCUT2D eigenvalue weighted by molar-refractivity contribution is 5.70. The van der Waals surface area contributed by atoms with Gasteiger partial charge in [-0.3, -0.25) is 4.98 Å². The highest BCUT2D eigenvalue weighted by atomic mass is 14.7. The fourth-order valence-corrected chi connectivity index (χ4v) is 3.10. The summed E-state index contributed by atoms with van der Waals surface area (Å²) in [4.78, 5) is 4.49. The minimum atomic E-state index is 0.980. The van der Waals surface area contributed by atoms with Crippen molar-refractivity contribution in [1.82, 2.24) is 4.98 Å². The molecule has 3 aromatic rings. The van der Waals surface area contributed by atoms with Gasteiger partial charge in [-0.05, 0) is 47.6 Å². The Morgan fingerprint density at radius 2 is 1.20 bits per heavy atom. The van der Waals surface area contributed by atoms with Crippen LogP contribution in [0, 0.1) is 0 Å². The van der Waals surface area contributed by atoms with E-state index in [0.717, 1.165) is 12.1 Å². The van der Waals surface area contributed by atoms with Crippen molar-refractivity contribution in [3.8, 4) is 22.3 Å². The third kappa shape index (κ3) is 4.57. The van der Waals surface area contributed by atoms with Gasteiger partial charge < -0.3 is 0 Å². The monoisotopic (exact) mass is 329 g/mol. The van der Waals surface area contributed by atoms with Gasteiger partial charge in [0.05, 0.1) is 0 Å². The molecule has 25 heavy (non-hydrogen) atoms. The predicted octanol–water partition coefficient (Wildman–Crippen LogP) is 6.71. The van der Waals surface area contributed by atoms with Crippen LogP contribution in [0.5, 0.6) is 0 Å². The Bertz CT molecular complexity index is 768. The van der Waals surface area contributed by atoms with E-state index in [0.29, 0.717) is 0 Å². The van der Waals surface area contributed by atoms with E-state index >= 15 is 0 Å². The number of hydrogen-bond donors (Lipinski definition) is 0. The molecule has 0 saturated carbocycles. The van der Waals surface area contributed by atoms with Crippen LogP contribution in [0.2, 0.25) is 0 Å². The van der Waals surface area contributed by atoms with Crippen molar-refractivity contribution in [3.63, 3.8) is 0 Å². The second-order valence-electron chi connectivity index (χ2n) is 6.62. The van der Waals surface area contributed by atoms with E-state index in [2.05, 4.69) is 79.5 Å². The van der Waals surface area contributed by atoms with Crippen LogP contribution in [-0.4, -0.2) is 4.98 Å². The Balaban J connectivity index is 1.71. The minimum Gasteiger partial charge on any atom is -0.261 e. The standard InChI is InChI=1S/C24H27N/c1-3-5-6-7-19-8-10-20(11-9-19)21-12-14-22(15-13-21)23-16-17-24(4-2)25-18-23/h8-18H,3-7H2,1-2H3. The Hall–Kier alpha value is -2.41.